The first kappa shape index (κ1) is 17.3. The van der Waals surface area contributed by atoms with Crippen LogP contribution in [0.2, 0.25) is 0 Å². The summed E-state index contributed by atoms with van der Waals surface area (Å²) in [5.41, 5.74) is 1.10. The van der Waals surface area contributed by atoms with Crippen LogP contribution in [0.1, 0.15) is 32.8 Å². The van der Waals surface area contributed by atoms with E-state index in [2.05, 4.69) is 13.8 Å². The molecule has 1 fully saturated rings. The van der Waals surface area contributed by atoms with Gasteiger partial charge in [0.1, 0.15) is 6.04 Å². The van der Waals surface area contributed by atoms with Crippen molar-refractivity contribution in [1.82, 2.24) is 9.80 Å². The third-order valence-electron chi connectivity index (χ3n) is 4.11. The Balaban J connectivity index is 2.11. The molecule has 0 saturated carbocycles. The van der Waals surface area contributed by atoms with E-state index in [1.807, 2.05) is 49.4 Å². The fourth-order valence-electron chi connectivity index (χ4n) is 2.89. The lowest BCUT2D eigenvalue weighted by Gasteiger charge is -2.40. The summed E-state index contributed by atoms with van der Waals surface area (Å²) in [5, 5.41) is 0. The largest absolute Gasteiger partial charge is 0.332 e. The number of nitrogens with zero attached hydrogens (tertiary/aromatic N) is 2. The van der Waals surface area contributed by atoms with Crippen molar-refractivity contribution >= 4 is 17.9 Å². The van der Waals surface area contributed by atoms with E-state index in [0.717, 1.165) is 5.56 Å². The number of piperazine rings is 1. The van der Waals surface area contributed by atoms with Crippen molar-refractivity contribution in [3.63, 3.8) is 0 Å². The van der Waals surface area contributed by atoms with Crippen LogP contribution < -0.4 is 0 Å². The fraction of sp³-hybridized carbons (Fsp3) is 0.474. The zero-order valence-electron chi connectivity index (χ0n) is 14.2. The Morgan fingerprint density at radius 2 is 1.91 bits per heavy atom. The minimum atomic E-state index is -0.336. The van der Waals surface area contributed by atoms with Crippen molar-refractivity contribution in [2.24, 2.45) is 5.92 Å². The molecule has 0 aliphatic carbocycles. The summed E-state index contributed by atoms with van der Waals surface area (Å²) in [4.78, 5) is 28.4. The Morgan fingerprint density at radius 3 is 2.52 bits per heavy atom. The van der Waals surface area contributed by atoms with E-state index in [4.69, 9.17) is 0 Å². The molecule has 2 amide bonds. The van der Waals surface area contributed by atoms with Gasteiger partial charge < -0.3 is 9.80 Å². The lowest BCUT2D eigenvalue weighted by Crippen LogP contribution is -2.60. The molecule has 0 unspecified atom stereocenters. The number of hydrogen-bond donors (Lipinski definition) is 0. The van der Waals surface area contributed by atoms with E-state index < -0.39 is 0 Å². The van der Waals surface area contributed by atoms with Gasteiger partial charge in [-0.3, -0.25) is 9.59 Å². The molecule has 1 aromatic carbocycles. The summed E-state index contributed by atoms with van der Waals surface area (Å²) >= 11 is 0. The SMILES string of the molecule is CCN1CC(=O)N(C/C=C/c2ccccc2)[C@@H](CC(C)C)C1=O. The van der Waals surface area contributed by atoms with E-state index in [0.29, 0.717) is 25.4 Å². The molecule has 23 heavy (non-hydrogen) atoms. The monoisotopic (exact) mass is 314 g/mol. The van der Waals surface area contributed by atoms with Crippen LogP contribution in [0.3, 0.4) is 0 Å². The molecule has 4 nitrogen and oxygen atoms in total. The van der Waals surface area contributed by atoms with Crippen LogP contribution in [0.25, 0.3) is 6.08 Å². The second-order valence-corrected chi connectivity index (χ2v) is 6.36. The summed E-state index contributed by atoms with van der Waals surface area (Å²) in [6.45, 7) is 7.36. The summed E-state index contributed by atoms with van der Waals surface area (Å²) in [6.07, 6.45) is 4.67. The van der Waals surface area contributed by atoms with Gasteiger partial charge in [-0.2, -0.15) is 0 Å². The minimum Gasteiger partial charge on any atom is -0.332 e. The van der Waals surface area contributed by atoms with E-state index in [-0.39, 0.29) is 24.4 Å². The number of hydrogen-bond acceptors (Lipinski definition) is 2. The molecule has 1 atom stereocenters. The average molecular weight is 314 g/mol. The molecule has 1 aromatic rings. The molecule has 4 heteroatoms. The second kappa shape index (κ2) is 7.95. The van der Waals surface area contributed by atoms with E-state index in [1.165, 1.54) is 0 Å². The smallest absolute Gasteiger partial charge is 0.245 e. The summed E-state index contributed by atoms with van der Waals surface area (Å²) in [6, 6.07) is 9.64. The van der Waals surface area contributed by atoms with Crippen LogP contribution in [0.15, 0.2) is 36.4 Å². The Hall–Kier alpha value is -2.10. The lowest BCUT2D eigenvalue weighted by molar-refractivity contribution is -0.155. The van der Waals surface area contributed by atoms with Gasteiger partial charge >= 0.3 is 0 Å². The highest BCUT2D eigenvalue weighted by atomic mass is 16.2. The van der Waals surface area contributed by atoms with Crippen molar-refractivity contribution in [3.8, 4) is 0 Å². The number of likely N-dealkylation sites (N-methyl/N-ethyl adjacent to an activating group) is 1. The highest BCUT2D eigenvalue weighted by Gasteiger charge is 2.38. The third kappa shape index (κ3) is 4.44. The topological polar surface area (TPSA) is 40.6 Å². The Morgan fingerprint density at radius 1 is 1.22 bits per heavy atom. The average Bonchev–Trinajstić information content (AvgIpc) is 2.54. The first-order valence-electron chi connectivity index (χ1n) is 8.32. The minimum absolute atomic E-state index is 0.0369. The van der Waals surface area contributed by atoms with Gasteiger partial charge in [-0.15, -0.1) is 0 Å². The normalized spacial score (nSPS) is 19.2. The number of benzene rings is 1. The van der Waals surface area contributed by atoms with Crippen LogP contribution in [-0.2, 0) is 9.59 Å². The first-order valence-corrected chi connectivity index (χ1v) is 8.32. The summed E-state index contributed by atoms with van der Waals surface area (Å²) in [5.74, 6) is 0.484. The molecule has 1 heterocycles. The lowest BCUT2D eigenvalue weighted by atomic mass is 9.99. The molecule has 0 N–H and O–H groups in total. The molecule has 0 bridgehead atoms. The van der Waals surface area contributed by atoms with E-state index >= 15 is 0 Å². The quantitative estimate of drug-likeness (QED) is 0.810. The Labute approximate surface area is 138 Å². The van der Waals surface area contributed by atoms with Gasteiger partial charge in [0, 0.05) is 13.1 Å². The molecule has 0 spiro atoms. The Kier molecular flexibility index (Phi) is 5.97. The molecule has 1 aliphatic heterocycles. The van der Waals surface area contributed by atoms with Crippen molar-refractivity contribution in [2.45, 2.75) is 33.2 Å². The predicted molar refractivity (Wildman–Crippen MR) is 92.7 cm³/mol. The number of rotatable bonds is 6. The van der Waals surface area contributed by atoms with Crippen molar-refractivity contribution < 1.29 is 9.59 Å². The maximum atomic E-state index is 12.6. The van der Waals surface area contributed by atoms with Gasteiger partial charge in [0.2, 0.25) is 11.8 Å². The first-order chi connectivity index (χ1) is 11.0. The number of carbonyl (C=O) groups excluding carboxylic acids is 2. The van der Waals surface area contributed by atoms with Crippen LogP contribution >= 0.6 is 0 Å². The summed E-state index contributed by atoms with van der Waals surface area (Å²) in [7, 11) is 0. The molecule has 124 valence electrons. The maximum absolute atomic E-state index is 12.6. The molecule has 0 radical (unpaired) electrons. The standard InChI is InChI=1S/C19H26N2O2/c1-4-20-14-18(22)21(17(19(20)23)13-15(2)3)12-8-11-16-9-6-5-7-10-16/h5-11,15,17H,4,12-14H2,1-3H3/b11-8+/t17-/m0/s1. The third-order valence-corrected chi connectivity index (χ3v) is 4.11. The highest BCUT2D eigenvalue weighted by molar-refractivity contribution is 5.95. The number of carbonyl (C=O) groups is 2. The van der Waals surface area contributed by atoms with Crippen molar-refractivity contribution in [2.75, 3.05) is 19.6 Å². The highest BCUT2D eigenvalue weighted by Crippen LogP contribution is 2.19. The molecular formula is C19H26N2O2. The van der Waals surface area contributed by atoms with Gasteiger partial charge in [-0.1, -0.05) is 56.3 Å². The van der Waals surface area contributed by atoms with Gasteiger partial charge in [0.25, 0.3) is 0 Å². The maximum Gasteiger partial charge on any atom is 0.245 e. The predicted octanol–water partition coefficient (Wildman–Crippen LogP) is 2.81. The fourth-order valence-corrected chi connectivity index (χ4v) is 2.89. The van der Waals surface area contributed by atoms with Gasteiger partial charge in [0.05, 0.1) is 6.54 Å². The van der Waals surface area contributed by atoms with Gasteiger partial charge in [0.15, 0.2) is 0 Å². The summed E-state index contributed by atoms with van der Waals surface area (Å²) < 4.78 is 0. The van der Waals surface area contributed by atoms with Crippen LogP contribution in [0.5, 0.6) is 0 Å². The molecule has 0 aromatic heterocycles. The van der Waals surface area contributed by atoms with Crippen LogP contribution in [0.4, 0.5) is 0 Å². The molecule has 1 aliphatic rings. The molecule has 2 rings (SSSR count). The van der Waals surface area contributed by atoms with Crippen LogP contribution in [0, 0.1) is 5.92 Å². The van der Waals surface area contributed by atoms with Crippen molar-refractivity contribution in [1.29, 1.82) is 0 Å². The van der Waals surface area contributed by atoms with E-state index in [9.17, 15) is 9.59 Å². The zero-order chi connectivity index (χ0) is 16.8. The second-order valence-electron chi connectivity index (χ2n) is 6.36. The van der Waals surface area contributed by atoms with Gasteiger partial charge in [-0.25, -0.2) is 0 Å². The zero-order valence-corrected chi connectivity index (χ0v) is 14.2. The van der Waals surface area contributed by atoms with Gasteiger partial charge in [-0.05, 0) is 24.8 Å². The molecule has 1 saturated heterocycles. The Bertz CT molecular complexity index is 566. The number of amides is 2. The van der Waals surface area contributed by atoms with Crippen molar-refractivity contribution in [3.05, 3.63) is 42.0 Å². The van der Waals surface area contributed by atoms with Crippen LogP contribution in [-0.4, -0.2) is 47.3 Å². The molecular weight excluding hydrogens is 288 g/mol. The van der Waals surface area contributed by atoms with E-state index in [1.54, 1.807) is 9.80 Å².